The second kappa shape index (κ2) is 12.0. The Balaban J connectivity index is 1.28. The normalized spacial score (nSPS) is 22.2. The van der Waals surface area contributed by atoms with Gasteiger partial charge in [0.25, 0.3) is 0 Å². The van der Waals surface area contributed by atoms with Crippen LogP contribution in [0.5, 0.6) is 11.5 Å². The van der Waals surface area contributed by atoms with Crippen LogP contribution in [0.3, 0.4) is 0 Å². The molecule has 1 amide bonds. The Morgan fingerprint density at radius 1 is 1.17 bits per heavy atom. The van der Waals surface area contributed by atoms with E-state index in [9.17, 15) is 9.18 Å². The first-order chi connectivity index (χ1) is 19.9. The molecule has 1 saturated carbocycles. The summed E-state index contributed by atoms with van der Waals surface area (Å²) in [6.45, 7) is 9.24. The summed E-state index contributed by atoms with van der Waals surface area (Å²) in [5, 5.41) is 3.60. The molecule has 4 heterocycles. The monoisotopic (exact) mass is 601 g/mol. The van der Waals surface area contributed by atoms with Crippen LogP contribution in [0.25, 0.3) is 10.9 Å². The molecule has 7 rings (SSSR count). The molecule has 1 N–H and O–H groups in total. The third-order valence-electron chi connectivity index (χ3n) is 7.95. The number of hydrogen-bond acceptors (Lipinski definition) is 8. The van der Waals surface area contributed by atoms with Gasteiger partial charge >= 0.3 is 0 Å². The molecule has 2 bridgehead atoms. The third-order valence-corrected chi connectivity index (χ3v) is 8.73. The maximum Gasteiger partial charge on any atom is 0.245 e. The number of amides is 1. The van der Waals surface area contributed by atoms with Crippen molar-refractivity contribution in [3.8, 4) is 11.5 Å². The van der Waals surface area contributed by atoms with E-state index in [4.69, 9.17) is 37.4 Å². The number of carbonyl (C=O) groups is 1. The lowest BCUT2D eigenvalue weighted by Crippen LogP contribution is -2.61. The highest BCUT2D eigenvalue weighted by atomic mass is 35.5. The molecule has 0 radical (unpaired) electrons. The van der Waals surface area contributed by atoms with Gasteiger partial charge in [0.2, 0.25) is 5.91 Å². The summed E-state index contributed by atoms with van der Waals surface area (Å²) in [4.78, 5) is 25.1. The van der Waals surface area contributed by atoms with Gasteiger partial charge in [-0.3, -0.25) is 9.69 Å². The zero-order chi connectivity index (χ0) is 28.5. The first-order valence-corrected chi connectivity index (χ1v) is 14.4. The van der Waals surface area contributed by atoms with Crippen molar-refractivity contribution in [2.24, 2.45) is 11.8 Å². The molecule has 9 nitrogen and oxygen atoms in total. The number of aromatic nitrogens is 2. The van der Waals surface area contributed by atoms with Crippen molar-refractivity contribution < 1.29 is 23.4 Å². The summed E-state index contributed by atoms with van der Waals surface area (Å²) >= 11 is 12.0. The number of hydrogen-bond donors (Lipinski definition) is 1. The van der Waals surface area contributed by atoms with Crippen LogP contribution in [0.1, 0.15) is 6.42 Å². The van der Waals surface area contributed by atoms with Gasteiger partial charge in [0.15, 0.2) is 17.3 Å². The van der Waals surface area contributed by atoms with Crippen LogP contribution in [-0.2, 0) is 9.53 Å². The minimum absolute atomic E-state index is 0.0570. The lowest BCUT2D eigenvalue weighted by atomic mass is 9.68. The molecule has 2 aromatic carbocycles. The summed E-state index contributed by atoms with van der Waals surface area (Å²) < 4.78 is 33.2. The van der Waals surface area contributed by atoms with Crippen molar-refractivity contribution in [3.05, 3.63) is 59.1 Å². The third kappa shape index (κ3) is 5.79. The number of carbonyl (C=O) groups excluding carboxylic acids is 1. The molecule has 3 aliphatic heterocycles. The number of nitrogens with zero attached hydrogens (tertiary/aromatic N) is 4. The number of nitrogens with one attached hydrogen (secondary N) is 1. The number of benzene rings is 2. The van der Waals surface area contributed by atoms with E-state index in [0.717, 1.165) is 26.1 Å². The summed E-state index contributed by atoms with van der Waals surface area (Å²) in [5.74, 6) is 1.20. The topological polar surface area (TPSA) is 89.0 Å². The maximum absolute atomic E-state index is 14.8. The van der Waals surface area contributed by atoms with E-state index >= 15 is 0 Å². The molecule has 1 aliphatic carbocycles. The summed E-state index contributed by atoms with van der Waals surface area (Å²) in [7, 11) is 0. The van der Waals surface area contributed by atoms with Gasteiger partial charge in [-0.2, -0.15) is 0 Å². The second-order valence-electron chi connectivity index (χ2n) is 10.5. The number of piperidine rings is 2. The van der Waals surface area contributed by atoms with E-state index < -0.39 is 5.82 Å². The predicted molar refractivity (Wildman–Crippen MR) is 155 cm³/mol. The van der Waals surface area contributed by atoms with Crippen molar-refractivity contribution >= 4 is 51.5 Å². The number of fused-ring (bicyclic) bond motifs is 3. The lowest BCUT2D eigenvalue weighted by Gasteiger charge is -2.52. The van der Waals surface area contributed by atoms with Gasteiger partial charge in [0.1, 0.15) is 24.9 Å². The highest BCUT2D eigenvalue weighted by Gasteiger charge is 2.49. The number of halogens is 3. The summed E-state index contributed by atoms with van der Waals surface area (Å²) in [5.41, 5.74) is 0.737. The van der Waals surface area contributed by atoms with Crippen molar-refractivity contribution in [2.45, 2.75) is 12.5 Å². The van der Waals surface area contributed by atoms with Crippen LogP contribution in [0.2, 0.25) is 10.0 Å². The van der Waals surface area contributed by atoms with Crippen LogP contribution in [0.4, 0.5) is 15.9 Å². The molecule has 216 valence electrons. The Labute approximate surface area is 247 Å². The van der Waals surface area contributed by atoms with Gasteiger partial charge in [-0.25, -0.2) is 14.4 Å². The molecule has 0 spiro atoms. The van der Waals surface area contributed by atoms with E-state index in [1.54, 1.807) is 0 Å². The predicted octanol–water partition coefficient (Wildman–Crippen LogP) is 4.94. The Morgan fingerprint density at radius 2 is 1.95 bits per heavy atom. The highest BCUT2D eigenvalue weighted by molar-refractivity contribution is 6.42. The van der Waals surface area contributed by atoms with Crippen LogP contribution >= 0.6 is 23.2 Å². The fourth-order valence-electron chi connectivity index (χ4n) is 5.72. The average Bonchev–Trinajstić information content (AvgIpc) is 3.00. The van der Waals surface area contributed by atoms with Crippen molar-refractivity contribution in [1.82, 2.24) is 19.8 Å². The lowest BCUT2D eigenvalue weighted by molar-refractivity contribution is -0.142. The fourth-order valence-corrected chi connectivity index (χ4v) is 6.03. The van der Waals surface area contributed by atoms with Crippen LogP contribution in [0, 0.1) is 17.7 Å². The van der Waals surface area contributed by atoms with E-state index in [-0.39, 0.29) is 39.6 Å². The Kier molecular flexibility index (Phi) is 8.16. The van der Waals surface area contributed by atoms with Crippen molar-refractivity contribution in [3.63, 3.8) is 0 Å². The summed E-state index contributed by atoms with van der Waals surface area (Å²) in [6.07, 6.45) is 3.70. The zero-order valence-electron chi connectivity index (χ0n) is 22.3. The minimum atomic E-state index is -0.675. The van der Waals surface area contributed by atoms with Crippen LogP contribution in [0.15, 0.2) is 43.2 Å². The van der Waals surface area contributed by atoms with E-state index in [2.05, 4.69) is 26.8 Å². The highest BCUT2D eigenvalue weighted by Crippen LogP contribution is 2.45. The molecule has 3 aromatic rings. The van der Waals surface area contributed by atoms with Crippen LogP contribution < -0.4 is 14.8 Å². The average molecular weight is 602 g/mol. The second-order valence-corrected chi connectivity index (χ2v) is 11.3. The van der Waals surface area contributed by atoms with E-state index in [0.29, 0.717) is 61.1 Å². The van der Waals surface area contributed by atoms with Crippen molar-refractivity contribution in [1.29, 1.82) is 0 Å². The molecular weight excluding hydrogens is 572 g/mol. The number of ether oxygens (including phenoxy) is 3. The zero-order valence-corrected chi connectivity index (χ0v) is 23.8. The Morgan fingerprint density at radius 3 is 2.71 bits per heavy atom. The molecule has 4 fully saturated rings. The van der Waals surface area contributed by atoms with Gasteiger partial charge in [-0.1, -0.05) is 29.8 Å². The minimum Gasteiger partial charge on any atom is -0.488 e. The standard InChI is InChI=1S/C29H30Cl2FN5O4/c1-2-25(38)37-14-17-11-18(15-37)28(17)41-24-12-19-22(13-23(24)40-10-7-36-5-8-39-9-6-36)33-16-34-29(19)35-21-4-3-20(30)26(31)27(21)32/h2-4,12-13,16-18,28H,1,5-11,14-15H2,(H,33,34,35). The maximum atomic E-state index is 14.8. The summed E-state index contributed by atoms with van der Waals surface area (Å²) in [6, 6.07) is 6.68. The molecule has 12 heteroatoms. The first kappa shape index (κ1) is 28.0. The quantitative estimate of drug-likeness (QED) is 0.272. The van der Waals surface area contributed by atoms with Crippen LogP contribution in [-0.4, -0.2) is 84.3 Å². The molecular formula is C29H30Cl2FN5O4. The van der Waals surface area contributed by atoms with Gasteiger partial charge in [-0.05, 0) is 30.7 Å². The molecule has 2 atom stereocenters. The van der Waals surface area contributed by atoms with Gasteiger partial charge in [-0.15, -0.1) is 0 Å². The van der Waals surface area contributed by atoms with Gasteiger partial charge < -0.3 is 24.4 Å². The SMILES string of the molecule is C=CC(=O)N1CC2CC(C1)C2Oc1cc2c(Nc3ccc(Cl)c(Cl)c3F)ncnc2cc1OCCN1CCOCC1. The largest absolute Gasteiger partial charge is 0.488 e. The van der Waals surface area contributed by atoms with Gasteiger partial charge in [0, 0.05) is 56.0 Å². The molecule has 1 aromatic heterocycles. The Bertz CT molecular complexity index is 1460. The number of anilines is 2. The first-order valence-electron chi connectivity index (χ1n) is 13.6. The number of rotatable bonds is 9. The van der Waals surface area contributed by atoms with E-state index in [1.807, 2.05) is 17.0 Å². The number of morpholine rings is 1. The molecule has 4 aliphatic rings. The molecule has 2 unspecified atom stereocenters. The molecule has 41 heavy (non-hydrogen) atoms. The van der Waals surface area contributed by atoms with E-state index in [1.165, 1.54) is 24.5 Å². The Hall–Kier alpha value is -3.18. The smallest absolute Gasteiger partial charge is 0.245 e. The molecule has 3 saturated heterocycles. The van der Waals surface area contributed by atoms with Gasteiger partial charge in [0.05, 0.1) is 34.5 Å². The van der Waals surface area contributed by atoms with Crippen molar-refractivity contribution in [2.75, 3.05) is 57.9 Å². The fraction of sp³-hybridized carbons (Fsp3) is 0.414.